The molecule has 2 aromatic carbocycles. The Morgan fingerprint density at radius 3 is 2.46 bits per heavy atom. The van der Waals surface area contributed by atoms with E-state index in [0.717, 1.165) is 36.8 Å². The van der Waals surface area contributed by atoms with Crippen LogP contribution in [0, 0.1) is 11.3 Å². The minimum Gasteiger partial charge on any atom is -0.476 e. The second kappa shape index (κ2) is 9.95. The molecule has 0 aliphatic heterocycles. The number of benzene rings is 2. The van der Waals surface area contributed by atoms with Gasteiger partial charge in [0.05, 0.1) is 5.57 Å². The van der Waals surface area contributed by atoms with Crippen LogP contribution in [0.1, 0.15) is 42.9 Å². The Kier molecular flexibility index (Phi) is 7.32. The van der Waals surface area contributed by atoms with E-state index in [1.54, 1.807) is 6.07 Å². The van der Waals surface area contributed by atoms with Crippen LogP contribution < -0.4 is 0 Å². The summed E-state index contributed by atoms with van der Waals surface area (Å²) in [4.78, 5) is 15.9. The summed E-state index contributed by atoms with van der Waals surface area (Å²) < 4.78 is 0. The predicted octanol–water partition coefficient (Wildman–Crippen LogP) is 4.86. The number of aliphatic imine (C=N–C) groups is 1. The first-order valence-corrected chi connectivity index (χ1v) is 8.72. The van der Waals surface area contributed by atoms with Gasteiger partial charge in [0.15, 0.2) is 5.70 Å². The van der Waals surface area contributed by atoms with Gasteiger partial charge >= 0.3 is 5.97 Å². The number of aryl methyl sites for hydroxylation is 1. The van der Waals surface area contributed by atoms with Crippen LogP contribution in [0.5, 0.6) is 0 Å². The van der Waals surface area contributed by atoms with Gasteiger partial charge in [-0.1, -0.05) is 74.4 Å². The first-order chi connectivity index (χ1) is 12.7. The molecular weight excluding hydrogens is 324 g/mol. The van der Waals surface area contributed by atoms with Crippen LogP contribution in [-0.4, -0.2) is 17.3 Å². The van der Waals surface area contributed by atoms with Gasteiger partial charge < -0.3 is 5.11 Å². The number of carboxylic acids is 1. The first kappa shape index (κ1) is 19.1. The summed E-state index contributed by atoms with van der Waals surface area (Å²) in [7, 11) is 0. The molecule has 2 aromatic rings. The zero-order valence-corrected chi connectivity index (χ0v) is 14.9. The zero-order valence-electron chi connectivity index (χ0n) is 14.9. The third-order valence-electron chi connectivity index (χ3n) is 4.03. The number of carbonyl (C=O) groups is 1. The maximum absolute atomic E-state index is 11.7. The Balaban J connectivity index is 2.46. The molecule has 0 unspecified atom stereocenters. The fraction of sp³-hybridized carbons (Fsp3) is 0.227. The predicted molar refractivity (Wildman–Crippen MR) is 104 cm³/mol. The first-order valence-electron chi connectivity index (χ1n) is 8.72. The Labute approximate surface area is 154 Å². The van der Waals surface area contributed by atoms with E-state index < -0.39 is 5.97 Å². The van der Waals surface area contributed by atoms with Gasteiger partial charge in [0, 0.05) is 6.21 Å². The van der Waals surface area contributed by atoms with E-state index in [4.69, 9.17) is 0 Å². The molecule has 0 spiro atoms. The van der Waals surface area contributed by atoms with Crippen LogP contribution in [0.2, 0.25) is 0 Å². The van der Waals surface area contributed by atoms with E-state index in [0.29, 0.717) is 5.56 Å². The van der Waals surface area contributed by atoms with Crippen LogP contribution >= 0.6 is 0 Å². The maximum atomic E-state index is 11.7. The molecule has 2 rings (SSSR count). The van der Waals surface area contributed by atoms with Crippen molar-refractivity contribution in [1.82, 2.24) is 0 Å². The van der Waals surface area contributed by atoms with Gasteiger partial charge in [0.1, 0.15) is 6.07 Å². The van der Waals surface area contributed by atoms with E-state index in [2.05, 4.69) is 18.0 Å². The molecule has 0 atom stereocenters. The topological polar surface area (TPSA) is 73.5 Å². The number of carboxylic acid groups (broad SMARTS) is 1. The number of nitriles is 1. The minimum absolute atomic E-state index is 0.0942. The highest BCUT2D eigenvalue weighted by Gasteiger charge is 2.17. The van der Waals surface area contributed by atoms with E-state index in [1.807, 2.05) is 48.5 Å². The number of hydrogen-bond donors (Lipinski definition) is 1. The van der Waals surface area contributed by atoms with Crippen molar-refractivity contribution in [2.75, 3.05) is 0 Å². The van der Waals surface area contributed by atoms with E-state index in [-0.39, 0.29) is 11.3 Å². The van der Waals surface area contributed by atoms with Gasteiger partial charge in [0.2, 0.25) is 0 Å². The average Bonchev–Trinajstić information content (AvgIpc) is 2.66. The average molecular weight is 346 g/mol. The van der Waals surface area contributed by atoms with Crippen molar-refractivity contribution in [2.24, 2.45) is 4.99 Å². The van der Waals surface area contributed by atoms with Crippen LogP contribution in [0.3, 0.4) is 0 Å². The SMILES string of the molecule is CCCCCc1ccccc1C(C#N)=C(N=Cc1ccccc1)C(=O)O. The van der Waals surface area contributed by atoms with Crippen molar-refractivity contribution in [3.05, 3.63) is 77.0 Å². The molecule has 132 valence electrons. The lowest BCUT2D eigenvalue weighted by molar-refractivity contribution is -0.132. The highest BCUT2D eigenvalue weighted by Crippen LogP contribution is 2.25. The lowest BCUT2D eigenvalue weighted by Gasteiger charge is -2.09. The molecule has 4 nitrogen and oxygen atoms in total. The van der Waals surface area contributed by atoms with Gasteiger partial charge in [-0.3, -0.25) is 0 Å². The monoisotopic (exact) mass is 346 g/mol. The number of nitrogens with zero attached hydrogens (tertiary/aromatic N) is 2. The summed E-state index contributed by atoms with van der Waals surface area (Å²) in [6.07, 6.45) is 5.48. The summed E-state index contributed by atoms with van der Waals surface area (Å²) in [5.41, 5.74) is 2.26. The molecular formula is C22H22N2O2. The lowest BCUT2D eigenvalue weighted by atomic mass is 9.95. The molecule has 0 aromatic heterocycles. The Bertz CT molecular complexity index is 846. The molecule has 0 aliphatic rings. The third-order valence-corrected chi connectivity index (χ3v) is 4.03. The molecule has 1 N–H and O–H groups in total. The molecule has 0 radical (unpaired) electrons. The van der Waals surface area contributed by atoms with Gasteiger partial charge in [0.25, 0.3) is 0 Å². The highest BCUT2D eigenvalue weighted by molar-refractivity contribution is 6.02. The summed E-state index contributed by atoms with van der Waals surface area (Å²) in [5.74, 6) is -1.21. The Morgan fingerprint density at radius 1 is 1.12 bits per heavy atom. The fourth-order valence-electron chi connectivity index (χ4n) is 2.69. The normalized spacial score (nSPS) is 11.8. The largest absolute Gasteiger partial charge is 0.476 e. The number of hydrogen-bond acceptors (Lipinski definition) is 3. The molecule has 0 saturated carbocycles. The molecule has 4 heteroatoms. The van der Waals surface area contributed by atoms with Crippen molar-refractivity contribution in [3.8, 4) is 6.07 Å². The van der Waals surface area contributed by atoms with E-state index in [1.165, 1.54) is 6.21 Å². The molecule has 0 bridgehead atoms. The van der Waals surface area contributed by atoms with Crippen LogP contribution in [-0.2, 0) is 11.2 Å². The smallest absolute Gasteiger partial charge is 0.355 e. The van der Waals surface area contributed by atoms with Gasteiger partial charge in [-0.2, -0.15) is 5.26 Å². The number of rotatable bonds is 8. The second-order valence-corrected chi connectivity index (χ2v) is 5.92. The third kappa shape index (κ3) is 5.15. The molecule has 0 aliphatic carbocycles. The molecule has 0 amide bonds. The fourth-order valence-corrected chi connectivity index (χ4v) is 2.69. The molecule has 0 saturated heterocycles. The van der Waals surface area contributed by atoms with Crippen molar-refractivity contribution >= 4 is 17.8 Å². The maximum Gasteiger partial charge on any atom is 0.355 e. The van der Waals surface area contributed by atoms with Gasteiger partial charge in [-0.25, -0.2) is 9.79 Å². The summed E-state index contributed by atoms with van der Waals surface area (Å²) in [6, 6.07) is 18.7. The number of aliphatic carboxylic acids is 1. The van der Waals surface area contributed by atoms with Crippen LogP contribution in [0.15, 0.2) is 65.3 Å². The Morgan fingerprint density at radius 2 is 1.81 bits per heavy atom. The van der Waals surface area contributed by atoms with Crippen molar-refractivity contribution in [1.29, 1.82) is 5.26 Å². The van der Waals surface area contributed by atoms with E-state index in [9.17, 15) is 15.2 Å². The quantitative estimate of drug-likeness (QED) is 0.321. The number of allylic oxidation sites excluding steroid dienone is 1. The van der Waals surface area contributed by atoms with Crippen LogP contribution in [0.4, 0.5) is 0 Å². The van der Waals surface area contributed by atoms with Crippen molar-refractivity contribution in [2.45, 2.75) is 32.6 Å². The molecule has 26 heavy (non-hydrogen) atoms. The highest BCUT2D eigenvalue weighted by atomic mass is 16.4. The van der Waals surface area contributed by atoms with Crippen LogP contribution in [0.25, 0.3) is 5.57 Å². The lowest BCUT2D eigenvalue weighted by Crippen LogP contribution is -2.04. The Hall–Kier alpha value is -3.19. The summed E-state index contributed by atoms with van der Waals surface area (Å²) in [6.45, 7) is 2.13. The summed E-state index contributed by atoms with van der Waals surface area (Å²) >= 11 is 0. The zero-order chi connectivity index (χ0) is 18.8. The van der Waals surface area contributed by atoms with Gasteiger partial charge in [-0.05, 0) is 29.5 Å². The number of unbranched alkanes of at least 4 members (excludes halogenated alkanes) is 2. The molecule has 0 heterocycles. The second-order valence-electron chi connectivity index (χ2n) is 5.92. The molecule has 0 fully saturated rings. The van der Waals surface area contributed by atoms with E-state index >= 15 is 0 Å². The van der Waals surface area contributed by atoms with Crippen molar-refractivity contribution in [3.63, 3.8) is 0 Å². The van der Waals surface area contributed by atoms with Crippen molar-refractivity contribution < 1.29 is 9.90 Å². The van der Waals surface area contributed by atoms with Gasteiger partial charge in [-0.15, -0.1) is 0 Å². The summed E-state index contributed by atoms with van der Waals surface area (Å²) in [5, 5.41) is 19.2. The minimum atomic E-state index is -1.21. The standard InChI is InChI=1S/C22H22N2O2/c1-2-3-5-12-18-13-8-9-14-19(18)20(15-23)21(22(25)26)24-16-17-10-6-4-7-11-17/h4,6-11,13-14,16H,2-3,5,12H2,1H3,(H,25,26).